The van der Waals surface area contributed by atoms with Crippen molar-refractivity contribution in [2.45, 2.75) is 45.6 Å². The van der Waals surface area contributed by atoms with E-state index in [1.165, 1.54) is 6.07 Å². The van der Waals surface area contributed by atoms with Gasteiger partial charge in [-0.25, -0.2) is 13.5 Å². The number of carbonyl (C=O) groups excluding carboxylic acids is 1. The van der Waals surface area contributed by atoms with Gasteiger partial charge >= 0.3 is 12.1 Å². The van der Waals surface area contributed by atoms with Crippen LogP contribution in [0.4, 0.5) is 17.6 Å². The average molecular weight is 523 g/mol. The second-order valence-electron chi connectivity index (χ2n) is 9.11. The van der Waals surface area contributed by atoms with E-state index in [1.807, 2.05) is 0 Å². The summed E-state index contributed by atoms with van der Waals surface area (Å²) in [5.41, 5.74) is 0.198. The summed E-state index contributed by atoms with van der Waals surface area (Å²) in [6.45, 7) is 5.25. The van der Waals surface area contributed by atoms with Gasteiger partial charge in [-0.3, -0.25) is 4.21 Å². The maximum atomic E-state index is 14.0. The molecule has 0 aliphatic rings. The normalized spacial score (nSPS) is 13.0. The molecule has 0 bridgehead atoms. The highest BCUT2D eigenvalue weighted by Gasteiger charge is 2.34. The van der Waals surface area contributed by atoms with Crippen molar-refractivity contribution in [3.8, 4) is 11.1 Å². The number of hydrogen-bond acceptors (Lipinski definition) is 4. The maximum Gasteiger partial charge on any atom is 0.419 e. The smallest absolute Gasteiger partial charge is 0.419 e. The minimum atomic E-state index is -4.80. The lowest BCUT2D eigenvalue weighted by Crippen LogP contribution is -2.25. The molecular weight excluding hydrogens is 498 g/mol. The number of halogens is 4. The number of nitrogens with zero attached hydrogens (tertiary/aromatic N) is 1. The molecule has 3 aromatic carbocycles. The maximum absolute atomic E-state index is 14.0. The number of esters is 1. The second-order valence-corrected chi connectivity index (χ2v) is 10.1. The summed E-state index contributed by atoms with van der Waals surface area (Å²) < 4.78 is 82.7. The fourth-order valence-corrected chi connectivity index (χ4v) is 3.93. The summed E-state index contributed by atoms with van der Waals surface area (Å²) >= 11 is -2.59. The van der Waals surface area contributed by atoms with Crippen LogP contribution in [0.15, 0.2) is 66.7 Å². The van der Waals surface area contributed by atoms with Gasteiger partial charge < -0.3 is 9.29 Å². The molecule has 1 atom stereocenters. The molecule has 3 rings (SSSR count). The second kappa shape index (κ2) is 10.9. The first kappa shape index (κ1) is 27.5. The summed E-state index contributed by atoms with van der Waals surface area (Å²) in [5.74, 6) is -1.88. The summed E-state index contributed by atoms with van der Waals surface area (Å²) in [4.78, 5) is 12.2. The number of ether oxygens (including phenoxy) is 1. The first-order valence-electron chi connectivity index (χ1n) is 10.9. The van der Waals surface area contributed by atoms with Gasteiger partial charge in [0.15, 0.2) is 0 Å². The molecule has 192 valence electrons. The molecule has 0 aliphatic heterocycles. The Morgan fingerprint density at radius 3 is 2.08 bits per heavy atom. The third kappa shape index (κ3) is 7.46. The van der Waals surface area contributed by atoms with Crippen LogP contribution in [0, 0.1) is 5.82 Å². The molecular formula is C26H24F4NO4S-. The van der Waals surface area contributed by atoms with Crippen molar-refractivity contribution < 1.29 is 35.9 Å². The first-order chi connectivity index (χ1) is 16.7. The van der Waals surface area contributed by atoms with Crippen LogP contribution in [0.25, 0.3) is 11.1 Å². The van der Waals surface area contributed by atoms with E-state index in [-0.39, 0.29) is 18.7 Å². The number of alkyl halides is 3. The van der Waals surface area contributed by atoms with Gasteiger partial charge in [0.2, 0.25) is 0 Å². The first-order valence-corrected chi connectivity index (χ1v) is 11.9. The van der Waals surface area contributed by atoms with Crippen molar-refractivity contribution in [1.82, 2.24) is 4.31 Å². The third-order valence-electron chi connectivity index (χ3n) is 5.05. The summed E-state index contributed by atoms with van der Waals surface area (Å²) in [5, 5.41) is 0. The molecule has 36 heavy (non-hydrogen) atoms. The number of rotatable bonds is 7. The fourth-order valence-electron chi connectivity index (χ4n) is 3.43. The molecule has 0 heterocycles. The van der Waals surface area contributed by atoms with Crippen LogP contribution in [0.5, 0.6) is 0 Å². The van der Waals surface area contributed by atoms with Crippen LogP contribution >= 0.6 is 0 Å². The molecule has 1 unspecified atom stereocenters. The summed E-state index contributed by atoms with van der Waals surface area (Å²) in [6, 6.07) is 15.5. The van der Waals surface area contributed by atoms with Gasteiger partial charge in [-0.2, -0.15) is 13.2 Å². The van der Waals surface area contributed by atoms with E-state index >= 15 is 0 Å². The molecule has 3 aromatic rings. The molecule has 0 aromatic heterocycles. The van der Waals surface area contributed by atoms with Gasteiger partial charge in [0.25, 0.3) is 0 Å². The van der Waals surface area contributed by atoms with Crippen LogP contribution in [0.2, 0.25) is 0 Å². The number of hydrogen-bond donors (Lipinski definition) is 0. The van der Waals surface area contributed by atoms with Crippen LogP contribution in [0.3, 0.4) is 0 Å². The average Bonchev–Trinajstić information content (AvgIpc) is 2.77. The molecule has 10 heteroatoms. The molecule has 0 saturated carbocycles. The van der Waals surface area contributed by atoms with E-state index in [2.05, 4.69) is 0 Å². The summed E-state index contributed by atoms with van der Waals surface area (Å²) in [7, 11) is 0. The van der Waals surface area contributed by atoms with E-state index in [9.17, 15) is 31.1 Å². The van der Waals surface area contributed by atoms with E-state index in [4.69, 9.17) is 4.74 Å². The molecule has 0 saturated heterocycles. The minimum absolute atomic E-state index is 0.0177. The van der Waals surface area contributed by atoms with Crippen molar-refractivity contribution in [2.24, 2.45) is 0 Å². The predicted octanol–water partition coefficient (Wildman–Crippen LogP) is 6.26. The Balaban J connectivity index is 1.75. The zero-order valence-electron chi connectivity index (χ0n) is 19.8. The van der Waals surface area contributed by atoms with E-state index in [1.54, 1.807) is 69.3 Å². The van der Waals surface area contributed by atoms with Crippen LogP contribution in [-0.4, -0.2) is 24.6 Å². The zero-order chi connectivity index (χ0) is 26.7. The lowest BCUT2D eigenvalue weighted by molar-refractivity contribution is -0.139. The molecule has 0 amide bonds. The Morgan fingerprint density at radius 2 is 1.53 bits per heavy atom. The molecule has 0 spiro atoms. The lowest BCUT2D eigenvalue weighted by atomic mass is 10.0. The Kier molecular flexibility index (Phi) is 8.33. The standard InChI is InChI=1S/C26H25F4NO4S/c1-25(2,3)35-24(32)19-9-7-17(8-10-19)15-31(36(33)34)16-18-5-4-6-20(13-18)21-11-12-22(23(27)14-21)26(28,29)30/h4-14H,15-16H2,1-3H3,(H,33,34)/p-1. The van der Waals surface area contributed by atoms with Crippen molar-refractivity contribution >= 4 is 17.2 Å². The van der Waals surface area contributed by atoms with Crippen molar-refractivity contribution in [3.05, 3.63) is 94.8 Å². The molecule has 0 fully saturated rings. The number of carbonyl (C=O) groups is 1. The monoisotopic (exact) mass is 522 g/mol. The van der Waals surface area contributed by atoms with E-state index in [0.29, 0.717) is 28.3 Å². The van der Waals surface area contributed by atoms with Gasteiger partial charge in [-0.1, -0.05) is 36.4 Å². The Morgan fingerprint density at radius 1 is 0.917 bits per heavy atom. The Labute approximate surface area is 209 Å². The van der Waals surface area contributed by atoms with Gasteiger partial charge in [0.05, 0.1) is 11.1 Å². The fraction of sp³-hybridized carbons (Fsp3) is 0.269. The topological polar surface area (TPSA) is 69.7 Å². The lowest BCUT2D eigenvalue weighted by Gasteiger charge is -2.25. The van der Waals surface area contributed by atoms with Gasteiger partial charge in [0.1, 0.15) is 11.4 Å². The highest BCUT2D eigenvalue weighted by atomic mass is 32.2. The molecule has 0 radical (unpaired) electrons. The predicted molar refractivity (Wildman–Crippen MR) is 127 cm³/mol. The molecule has 0 N–H and O–H groups in total. The van der Waals surface area contributed by atoms with Crippen LogP contribution in [-0.2, 0) is 35.3 Å². The van der Waals surface area contributed by atoms with Gasteiger partial charge in [0, 0.05) is 24.4 Å². The van der Waals surface area contributed by atoms with Crippen LogP contribution < -0.4 is 0 Å². The summed E-state index contributed by atoms with van der Waals surface area (Å²) in [6.07, 6.45) is -4.80. The zero-order valence-corrected chi connectivity index (χ0v) is 20.6. The van der Waals surface area contributed by atoms with Crippen molar-refractivity contribution in [1.29, 1.82) is 0 Å². The Hall–Kier alpha value is -3.08. The highest BCUT2D eigenvalue weighted by Crippen LogP contribution is 2.33. The van der Waals surface area contributed by atoms with E-state index < -0.39 is 40.4 Å². The minimum Gasteiger partial charge on any atom is -0.760 e. The van der Waals surface area contributed by atoms with Gasteiger partial charge in [-0.15, -0.1) is 0 Å². The molecule has 0 aliphatic carbocycles. The quantitative estimate of drug-likeness (QED) is 0.209. The van der Waals surface area contributed by atoms with Gasteiger partial charge in [-0.05, 0) is 73.4 Å². The van der Waals surface area contributed by atoms with E-state index in [0.717, 1.165) is 10.4 Å². The van der Waals surface area contributed by atoms with Crippen LogP contribution in [0.1, 0.15) is 47.8 Å². The highest BCUT2D eigenvalue weighted by molar-refractivity contribution is 7.76. The SMILES string of the molecule is CC(C)(C)OC(=O)c1ccc(CN(Cc2cccc(-c3ccc(C(F)(F)F)c(F)c3)c2)S(=O)[O-])cc1. The Bertz CT molecular complexity index is 1250. The van der Waals surface area contributed by atoms with Crippen molar-refractivity contribution in [3.63, 3.8) is 0 Å². The number of benzene rings is 3. The largest absolute Gasteiger partial charge is 0.760 e. The molecule has 5 nitrogen and oxygen atoms in total. The third-order valence-corrected chi connectivity index (χ3v) is 5.73. The van der Waals surface area contributed by atoms with Crippen molar-refractivity contribution in [2.75, 3.05) is 0 Å².